The molecule has 1 unspecified atom stereocenters. The lowest BCUT2D eigenvalue weighted by Crippen LogP contribution is -2.60. The minimum absolute atomic E-state index is 0.000260. The Morgan fingerprint density at radius 2 is 1.77 bits per heavy atom. The molecular weight excluding hydrogens is 686 g/mol. The molecule has 0 aromatic heterocycles. The molecule has 5 bridgehead atoms. The maximum atomic E-state index is 13.6. The van der Waals surface area contributed by atoms with Crippen LogP contribution in [0.2, 0.25) is 0 Å². The summed E-state index contributed by atoms with van der Waals surface area (Å²) < 4.78 is 37.4. The number of nitrogens with one attached hydrogen (secondary N) is 1. The van der Waals surface area contributed by atoms with Crippen LogP contribution in [0.5, 0.6) is 0 Å². The highest BCUT2D eigenvalue weighted by molar-refractivity contribution is 5.92. The molecule has 4 fully saturated rings. The molecule has 1 amide bonds. The van der Waals surface area contributed by atoms with E-state index in [1.807, 2.05) is 13.8 Å². The molecular formula is C40H57NO12. The summed E-state index contributed by atoms with van der Waals surface area (Å²) in [5, 5.41) is 14.5. The number of epoxide rings is 1. The first-order chi connectivity index (χ1) is 25.0. The van der Waals surface area contributed by atoms with Crippen LogP contribution in [0.4, 0.5) is 0 Å². The first-order valence-corrected chi connectivity index (χ1v) is 19.1. The van der Waals surface area contributed by atoms with E-state index in [0.717, 1.165) is 6.08 Å². The summed E-state index contributed by atoms with van der Waals surface area (Å²) in [4.78, 5) is 64.5. The SMILES string of the molecule is CCCC(=O)N/C=C\C=C\C[C@@H]1OC(=O)C=C(C)[C@@](C)(O)[C@H](OC(C)=O)[C@@H]2O[C@@H]2[C@H]2CCC3O[C@]4(CC[C@@]3(C)O2)O[C@@H](CC(=O)[C@@H](C)CC1=O)C[C@@H]4C. The van der Waals surface area contributed by atoms with Gasteiger partial charge in [-0.25, -0.2) is 4.79 Å². The van der Waals surface area contributed by atoms with Crippen LogP contribution in [0.25, 0.3) is 0 Å². The number of hydrogen-bond donors (Lipinski definition) is 2. The molecule has 7 aliphatic heterocycles. The summed E-state index contributed by atoms with van der Waals surface area (Å²) in [6.07, 6.45) is 7.07. The van der Waals surface area contributed by atoms with Crippen molar-refractivity contribution >= 4 is 29.4 Å². The Morgan fingerprint density at radius 1 is 1.02 bits per heavy atom. The Hall–Kier alpha value is -3.23. The molecule has 53 heavy (non-hydrogen) atoms. The van der Waals surface area contributed by atoms with Gasteiger partial charge in [0.05, 0.1) is 23.9 Å². The molecule has 7 rings (SSSR count). The van der Waals surface area contributed by atoms with Gasteiger partial charge in [0.25, 0.3) is 0 Å². The van der Waals surface area contributed by atoms with Gasteiger partial charge in [0.15, 0.2) is 23.8 Å². The van der Waals surface area contributed by atoms with E-state index in [1.165, 1.54) is 27.0 Å². The molecule has 0 aromatic carbocycles. The summed E-state index contributed by atoms with van der Waals surface area (Å²) in [6.45, 7) is 11.9. The first-order valence-electron chi connectivity index (χ1n) is 19.1. The number of aliphatic hydroxyl groups is 1. The standard InChI is InChI=1S/C40H57NO12/c1-8-12-33(45)41-18-11-9-10-13-30-29(44)19-23(2)28(43)22-27-20-25(4)40(51-27)17-16-38(6)32(53-40)15-14-31(52-38)35-36(50-35)37(48-26(5)42)39(7,47)24(3)21-34(46)49-30/h9-11,18,21,23,25,27,30-32,35-37,47H,8,12-17,19-20,22H2,1-7H3,(H,41,45)/b10-9+,18-11-,24-21?/t23-,25-,27+,30-,31+,32?,35+,36+,37+,38+,39+,40-/m0/s1. The number of amides is 1. The van der Waals surface area contributed by atoms with Crippen molar-refractivity contribution in [3.05, 3.63) is 36.1 Å². The number of allylic oxidation sites excluding steroid dienone is 2. The van der Waals surface area contributed by atoms with Crippen LogP contribution in [0.15, 0.2) is 36.1 Å². The van der Waals surface area contributed by atoms with Gasteiger partial charge in [0.2, 0.25) is 5.91 Å². The summed E-state index contributed by atoms with van der Waals surface area (Å²) in [5.41, 5.74) is -2.35. The van der Waals surface area contributed by atoms with Crippen molar-refractivity contribution in [2.45, 2.75) is 172 Å². The molecule has 0 radical (unpaired) electrons. The predicted octanol–water partition coefficient (Wildman–Crippen LogP) is 4.48. The Labute approximate surface area is 312 Å². The van der Waals surface area contributed by atoms with Crippen LogP contribution in [-0.2, 0) is 52.4 Å². The zero-order valence-electron chi connectivity index (χ0n) is 32.1. The second-order valence-corrected chi connectivity index (χ2v) is 15.9. The summed E-state index contributed by atoms with van der Waals surface area (Å²) in [6, 6.07) is 0. The van der Waals surface area contributed by atoms with Gasteiger partial charge in [-0.1, -0.05) is 32.9 Å². The Bertz CT molecular complexity index is 1500. The molecule has 2 N–H and O–H groups in total. The minimum atomic E-state index is -1.86. The zero-order chi connectivity index (χ0) is 38.7. The third-order valence-corrected chi connectivity index (χ3v) is 11.6. The second-order valence-electron chi connectivity index (χ2n) is 15.9. The van der Waals surface area contributed by atoms with Gasteiger partial charge >= 0.3 is 11.9 Å². The van der Waals surface area contributed by atoms with E-state index in [-0.39, 0.29) is 60.8 Å². The maximum Gasteiger partial charge on any atom is 0.331 e. The van der Waals surface area contributed by atoms with Gasteiger partial charge in [-0.15, -0.1) is 0 Å². The highest BCUT2D eigenvalue weighted by atomic mass is 16.7. The van der Waals surface area contributed by atoms with Crippen molar-refractivity contribution in [1.82, 2.24) is 5.32 Å². The van der Waals surface area contributed by atoms with Crippen LogP contribution >= 0.6 is 0 Å². The minimum Gasteiger partial charge on any atom is -0.456 e. The van der Waals surface area contributed by atoms with Crippen LogP contribution in [0, 0.1) is 11.8 Å². The maximum absolute atomic E-state index is 13.6. The molecule has 0 aromatic rings. The largest absolute Gasteiger partial charge is 0.456 e. The number of ketones is 2. The first kappa shape index (κ1) is 40.9. The fraction of sp³-hybridized carbons (Fsp3) is 0.725. The average molecular weight is 744 g/mol. The number of carbonyl (C=O) groups excluding carboxylic acids is 5. The van der Waals surface area contributed by atoms with Crippen molar-refractivity contribution in [1.29, 1.82) is 0 Å². The van der Waals surface area contributed by atoms with E-state index in [1.54, 1.807) is 25.2 Å². The fourth-order valence-electron chi connectivity index (χ4n) is 8.13. The lowest BCUT2D eigenvalue weighted by atomic mass is 9.78. The average Bonchev–Trinajstić information content (AvgIpc) is 3.82. The number of rotatable bonds is 7. The normalized spacial score (nSPS) is 41.0. The summed E-state index contributed by atoms with van der Waals surface area (Å²) >= 11 is 0. The highest BCUT2D eigenvalue weighted by Crippen LogP contribution is 2.53. The predicted molar refractivity (Wildman–Crippen MR) is 191 cm³/mol. The van der Waals surface area contributed by atoms with Crippen molar-refractivity contribution in [3.63, 3.8) is 0 Å². The van der Waals surface area contributed by atoms with Crippen molar-refractivity contribution in [2.75, 3.05) is 0 Å². The Morgan fingerprint density at radius 3 is 2.49 bits per heavy atom. The van der Waals surface area contributed by atoms with Crippen LogP contribution in [0.3, 0.4) is 0 Å². The number of fused-ring (bicyclic) bond motifs is 2. The van der Waals surface area contributed by atoms with E-state index >= 15 is 0 Å². The monoisotopic (exact) mass is 743 g/mol. The lowest BCUT2D eigenvalue weighted by Gasteiger charge is -2.53. The van der Waals surface area contributed by atoms with Crippen LogP contribution < -0.4 is 5.32 Å². The van der Waals surface area contributed by atoms with Gasteiger partial charge in [-0.2, -0.15) is 0 Å². The van der Waals surface area contributed by atoms with Gasteiger partial charge in [-0.05, 0) is 64.5 Å². The van der Waals surface area contributed by atoms with E-state index in [4.69, 9.17) is 28.4 Å². The number of carbonyl (C=O) groups is 5. The molecule has 7 aliphatic rings. The lowest BCUT2D eigenvalue weighted by molar-refractivity contribution is -0.344. The van der Waals surface area contributed by atoms with Gasteiger partial charge in [0.1, 0.15) is 23.6 Å². The smallest absolute Gasteiger partial charge is 0.331 e. The van der Waals surface area contributed by atoms with E-state index in [0.29, 0.717) is 44.9 Å². The number of ether oxygens (including phenoxy) is 6. The molecule has 0 saturated carbocycles. The number of Topliss-reactive ketones (excluding diaryl/α,β-unsaturated/α-hetero) is 2. The molecule has 4 saturated heterocycles. The van der Waals surface area contributed by atoms with Gasteiger partial charge in [0, 0.05) is 63.1 Å². The van der Waals surface area contributed by atoms with E-state index in [9.17, 15) is 29.1 Å². The zero-order valence-corrected chi connectivity index (χ0v) is 32.1. The van der Waals surface area contributed by atoms with E-state index in [2.05, 4.69) is 12.2 Å². The molecule has 1 spiro atoms. The Kier molecular flexibility index (Phi) is 12.9. The quantitative estimate of drug-likeness (QED) is 0.213. The third kappa shape index (κ3) is 9.54. The van der Waals surface area contributed by atoms with Crippen molar-refractivity contribution in [3.8, 4) is 0 Å². The molecule has 0 aliphatic carbocycles. The summed E-state index contributed by atoms with van der Waals surface area (Å²) in [7, 11) is 0. The third-order valence-electron chi connectivity index (χ3n) is 11.6. The topological polar surface area (TPSA) is 176 Å². The van der Waals surface area contributed by atoms with Gasteiger partial charge < -0.3 is 38.8 Å². The number of esters is 2. The highest BCUT2D eigenvalue weighted by Gasteiger charge is 2.62. The van der Waals surface area contributed by atoms with E-state index < -0.39 is 65.0 Å². The molecule has 7 heterocycles. The van der Waals surface area contributed by atoms with Crippen molar-refractivity contribution < 1.29 is 57.5 Å². The molecule has 13 nitrogen and oxygen atoms in total. The fourth-order valence-corrected chi connectivity index (χ4v) is 8.13. The molecule has 294 valence electrons. The molecule has 12 atom stereocenters. The van der Waals surface area contributed by atoms with Crippen molar-refractivity contribution in [2.24, 2.45) is 11.8 Å². The Balaban J connectivity index is 1.41. The second kappa shape index (κ2) is 16.6. The van der Waals surface area contributed by atoms with Gasteiger partial charge in [-0.3, -0.25) is 19.2 Å². The number of hydrogen-bond acceptors (Lipinski definition) is 12. The molecule has 13 heteroatoms. The van der Waals surface area contributed by atoms with Crippen LogP contribution in [0.1, 0.15) is 113 Å². The van der Waals surface area contributed by atoms with Crippen LogP contribution in [-0.4, -0.2) is 94.2 Å². The summed E-state index contributed by atoms with van der Waals surface area (Å²) in [5.74, 6) is -3.70.